The van der Waals surface area contributed by atoms with Gasteiger partial charge in [-0.25, -0.2) is 9.13 Å². The normalized spacial score (nSPS) is 14.7. The molecule has 16 heteroatoms. The molecular weight excluding hydrogens is 613 g/mol. The lowest BCUT2D eigenvalue weighted by atomic mass is 9.59. The van der Waals surface area contributed by atoms with Gasteiger partial charge in [0, 0.05) is 42.3 Å². The maximum atomic E-state index is 13.1. The number of aromatic nitrogens is 2. The summed E-state index contributed by atoms with van der Waals surface area (Å²) in [6, 6.07) is 15.7. The summed E-state index contributed by atoms with van der Waals surface area (Å²) in [7, 11) is 2.31. The van der Waals surface area contributed by atoms with Crippen LogP contribution in [0.3, 0.4) is 0 Å². The SMILES string of the molecule is BC(B)(NC(=O)c1ccc2nn(CC3CCN(C(=O)c4ccc(Oc5ccc(F)cc5)cc4)CC3)cc2c1C)C(O)(O)OC(O)(O)O. The number of fused-ring (bicyclic) bond motifs is 1. The summed E-state index contributed by atoms with van der Waals surface area (Å²) in [4.78, 5) is 28.1. The molecule has 13 nitrogen and oxygen atoms in total. The highest BCUT2D eigenvalue weighted by molar-refractivity contribution is 6.42. The van der Waals surface area contributed by atoms with Crippen molar-refractivity contribution in [3.05, 3.63) is 89.4 Å². The summed E-state index contributed by atoms with van der Waals surface area (Å²) >= 11 is 0. The van der Waals surface area contributed by atoms with Gasteiger partial charge in [-0.05, 0) is 91.9 Å². The third kappa shape index (κ3) is 7.98. The molecule has 2 amide bonds. The monoisotopic (exact) mass is 648 g/mol. The van der Waals surface area contributed by atoms with Crippen LogP contribution in [0.4, 0.5) is 4.39 Å². The van der Waals surface area contributed by atoms with E-state index in [1.165, 1.54) is 30.3 Å². The van der Waals surface area contributed by atoms with E-state index in [1.807, 2.05) is 15.8 Å². The first-order valence-corrected chi connectivity index (χ1v) is 15.0. The second kappa shape index (κ2) is 13.1. The summed E-state index contributed by atoms with van der Waals surface area (Å²) in [6.45, 7) is 3.51. The number of hydrogen-bond acceptors (Lipinski definition) is 10. The van der Waals surface area contributed by atoms with Gasteiger partial charge in [0.1, 0.15) is 33.0 Å². The molecule has 1 aliphatic heterocycles. The molecule has 246 valence electrons. The van der Waals surface area contributed by atoms with Crippen molar-refractivity contribution in [3.8, 4) is 11.5 Å². The molecule has 0 aliphatic carbocycles. The van der Waals surface area contributed by atoms with Crippen molar-refractivity contribution >= 4 is 38.4 Å². The van der Waals surface area contributed by atoms with E-state index in [0.717, 1.165) is 28.5 Å². The molecule has 0 bridgehead atoms. The van der Waals surface area contributed by atoms with Gasteiger partial charge in [-0.15, -0.1) is 0 Å². The number of likely N-dealkylation sites (tertiary alicyclic amines) is 1. The number of halogens is 1. The fourth-order valence-corrected chi connectivity index (χ4v) is 5.44. The molecule has 0 radical (unpaired) electrons. The van der Waals surface area contributed by atoms with E-state index >= 15 is 0 Å². The first kappa shape index (κ1) is 34.0. The number of carbonyl (C=O) groups excluding carboxylic acids is 2. The first-order valence-electron chi connectivity index (χ1n) is 15.0. The highest BCUT2D eigenvalue weighted by Gasteiger charge is 2.49. The van der Waals surface area contributed by atoms with Gasteiger partial charge in [0.15, 0.2) is 0 Å². The Bertz CT molecular complexity index is 1750. The smallest absolute Gasteiger partial charge is 0.409 e. The van der Waals surface area contributed by atoms with E-state index in [1.54, 1.807) is 37.3 Å². The summed E-state index contributed by atoms with van der Waals surface area (Å²) in [6.07, 6.45) is -0.462. The van der Waals surface area contributed by atoms with E-state index in [9.17, 15) is 24.2 Å². The zero-order chi connectivity index (χ0) is 34.1. The van der Waals surface area contributed by atoms with E-state index in [0.29, 0.717) is 53.2 Å². The van der Waals surface area contributed by atoms with Crippen LogP contribution in [0.1, 0.15) is 39.1 Å². The molecule has 3 aromatic carbocycles. The molecule has 2 heterocycles. The van der Waals surface area contributed by atoms with Crippen LogP contribution < -0.4 is 10.1 Å². The average Bonchev–Trinajstić information content (AvgIpc) is 3.41. The Balaban J connectivity index is 1.17. The number of carbonyl (C=O) groups is 2. The van der Waals surface area contributed by atoms with Gasteiger partial charge in [-0.1, -0.05) is 0 Å². The minimum Gasteiger partial charge on any atom is -0.457 e. The van der Waals surface area contributed by atoms with Gasteiger partial charge < -0.3 is 40.5 Å². The standard InChI is InChI=1S/C31H35B2FN4O9/c1-18-24(27(39)35-29(32,33)30(41,42)47-31(43,44)45)10-11-26-25(18)17-38(36-26)16-19-12-14-37(15-13-19)28(40)20-2-6-22(7-3-20)46-23-8-4-21(34)5-9-23/h2-11,17,19,41-45H,12-16,32-33H2,1H3,(H,35,39). The van der Waals surface area contributed by atoms with Crippen molar-refractivity contribution in [3.63, 3.8) is 0 Å². The van der Waals surface area contributed by atoms with Gasteiger partial charge in [-0.2, -0.15) is 5.10 Å². The summed E-state index contributed by atoms with van der Waals surface area (Å²) in [5, 5.41) is 53.0. The van der Waals surface area contributed by atoms with Gasteiger partial charge in [0.25, 0.3) is 17.8 Å². The van der Waals surface area contributed by atoms with Crippen LogP contribution >= 0.6 is 0 Å². The minimum atomic E-state index is -3.85. The Kier molecular flexibility index (Phi) is 9.46. The van der Waals surface area contributed by atoms with Crippen molar-refractivity contribution in [2.75, 3.05) is 13.1 Å². The fourth-order valence-electron chi connectivity index (χ4n) is 5.44. The zero-order valence-corrected chi connectivity index (χ0v) is 26.1. The fraction of sp³-hybridized carbons (Fsp3) is 0.323. The van der Waals surface area contributed by atoms with Crippen molar-refractivity contribution in [1.82, 2.24) is 20.0 Å². The second-order valence-electron chi connectivity index (χ2n) is 12.2. The molecule has 1 fully saturated rings. The molecule has 1 aromatic heterocycles. The Morgan fingerprint density at radius 3 is 2.15 bits per heavy atom. The van der Waals surface area contributed by atoms with Crippen LogP contribution in [0, 0.1) is 18.7 Å². The molecule has 5 rings (SSSR count). The van der Waals surface area contributed by atoms with Crippen LogP contribution in [-0.2, 0) is 11.3 Å². The molecule has 6 N–H and O–H groups in total. The molecule has 0 spiro atoms. The lowest BCUT2D eigenvalue weighted by molar-refractivity contribution is -0.541. The molecule has 47 heavy (non-hydrogen) atoms. The number of amides is 2. The maximum absolute atomic E-state index is 13.1. The Morgan fingerprint density at radius 2 is 1.55 bits per heavy atom. The van der Waals surface area contributed by atoms with Crippen molar-refractivity contribution in [1.29, 1.82) is 0 Å². The number of nitrogens with zero attached hydrogens (tertiary/aromatic N) is 3. The van der Waals surface area contributed by atoms with E-state index in [4.69, 9.17) is 20.1 Å². The highest BCUT2D eigenvalue weighted by atomic mass is 19.1. The molecule has 0 saturated carbocycles. The van der Waals surface area contributed by atoms with Gasteiger partial charge in [0.2, 0.25) is 0 Å². The molecule has 1 saturated heterocycles. The van der Waals surface area contributed by atoms with Crippen LogP contribution in [0.25, 0.3) is 10.9 Å². The first-order chi connectivity index (χ1) is 22.0. The molecular formula is C31H35B2FN4O9. The van der Waals surface area contributed by atoms with Crippen molar-refractivity contribution in [2.45, 2.75) is 43.8 Å². The number of hydrogen-bond donors (Lipinski definition) is 6. The van der Waals surface area contributed by atoms with Crippen LogP contribution in [-0.4, -0.2) is 98.3 Å². The third-order valence-electron chi connectivity index (χ3n) is 8.27. The van der Waals surface area contributed by atoms with Crippen LogP contribution in [0.5, 0.6) is 11.5 Å². The minimum absolute atomic E-state index is 0.0687. The lowest BCUT2D eigenvalue weighted by Gasteiger charge is -2.40. The van der Waals surface area contributed by atoms with Crippen molar-refractivity contribution in [2.24, 2.45) is 5.92 Å². The average molecular weight is 648 g/mol. The Hall–Kier alpha value is -4.31. The topological polar surface area (TPSA) is 187 Å². The maximum Gasteiger partial charge on any atom is 0.409 e. The second-order valence-corrected chi connectivity index (χ2v) is 12.2. The third-order valence-corrected chi connectivity index (χ3v) is 8.27. The zero-order valence-electron chi connectivity index (χ0n) is 26.1. The van der Waals surface area contributed by atoms with E-state index < -0.39 is 23.4 Å². The van der Waals surface area contributed by atoms with Gasteiger partial charge in [-0.3, -0.25) is 14.3 Å². The molecule has 1 aliphatic rings. The predicted octanol–water partition coefficient (Wildman–Crippen LogP) is -0.278. The number of aryl methyl sites for hydroxylation is 1. The lowest BCUT2D eigenvalue weighted by Crippen LogP contribution is -2.69. The predicted molar refractivity (Wildman–Crippen MR) is 171 cm³/mol. The van der Waals surface area contributed by atoms with E-state index in [2.05, 4.69) is 15.2 Å². The summed E-state index contributed by atoms with van der Waals surface area (Å²) in [5.74, 6) is -3.18. The number of ether oxygens (including phenoxy) is 2. The van der Waals surface area contributed by atoms with Crippen LogP contribution in [0.15, 0.2) is 66.9 Å². The number of benzene rings is 3. The molecule has 4 aromatic rings. The summed E-state index contributed by atoms with van der Waals surface area (Å²) < 4.78 is 24.7. The Morgan fingerprint density at radius 1 is 0.957 bits per heavy atom. The Labute approximate surface area is 271 Å². The molecule has 0 unspecified atom stereocenters. The quantitative estimate of drug-likeness (QED) is 0.0987. The van der Waals surface area contributed by atoms with Crippen LogP contribution in [0.2, 0.25) is 0 Å². The summed E-state index contributed by atoms with van der Waals surface area (Å²) in [5.41, 5.74) is 2.00. The van der Waals surface area contributed by atoms with Gasteiger partial charge >= 0.3 is 6.16 Å². The number of rotatable bonds is 10. The van der Waals surface area contributed by atoms with E-state index in [-0.39, 0.29) is 23.2 Å². The number of aliphatic hydroxyl groups is 5. The van der Waals surface area contributed by atoms with Crippen molar-refractivity contribution < 1.29 is 49.0 Å². The number of nitrogens with one attached hydrogen (secondary N) is 1. The highest BCUT2D eigenvalue weighted by Crippen LogP contribution is 2.27. The van der Waals surface area contributed by atoms with Gasteiger partial charge in [0.05, 0.1) is 10.9 Å². The largest absolute Gasteiger partial charge is 0.457 e. The molecule has 0 atom stereocenters. The number of piperidine rings is 1.